The number of rotatable bonds is 1. The molecule has 1 heterocycles. The molecule has 1 aromatic rings. The summed E-state index contributed by atoms with van der Waals surface area (Å²) in [5.41, 5.74) is 0.338. The van der Waals surface area contributed by atoms with Gasteiger partial charge in [-0.15, -0.1) is 12.4 Å². The second-order valence-electron chi connectivity index (χ2n) is 1.71. The number of hydrogen-bond donors (Lipinski definition) is 0. The predicted octanol–water partition coefficient (Wildman–Crippen LogP) is 1.29. The Labute approximate surface area is 70.8 Å². The van der Waals surface area contributed by atoms with Gasteiger partial charge in [0, 0.05) is 6.20 Å². The van der Waals surface area contributed by atoms with E-state index >= 15 is 0 Å². The monoisotopic (exact) mass is 173 g/mol. The maximum absolute atomic E-state index is 10.7. The van der Waals surface area contributed by atoms with Crippen LogP contribution in [-0.4, -0.2) is 18.1 Å². The Balaban J connectivity index is 0.000001000. The molecule has 4 heteroatoms. The van der Waals surface area contributed by atoms with Crippen LogP contribution < -0.4 is 0 Å². The highest BCUT2D eigenvalue weighted by Gasteiger charge is 2.02. The topological polar surface area (TPSA) is 39.2 Å². The van der Waals surface area contributed by atoms with Crippen LogP contribution in [0.1, 0.15) is 10.5 Å². The molecular weight excluding hydrogens is 166 g/mol. The van der Waals surface area contributed by atoms with E-state index in [1.54, 1.807) is 24.4 Å². The summed E-state index contributed by atoms with van der Waals surface area (Å²) in [6.07, 6.45) is 1.55. The largest absolute Gasteiger partial charge is 0.464 e. The zero-order chi connectivity index (χ0) is 7.40. The van der Waals surface area contributed by atoms with Crippen LogP contribution in [0.2, 0.25) is 0 Å². The van der Waals surface area contributed by atoms with Crippen molar-refractivity contribution in [2.24, 2.45) is 0 Å². The van der Waals surface area contributed by atoms with Gasteiger partial charge in [0.2, 0.25) is 0 Å². The van der Waals surface area contributed by atoms with Gasteiger partial charge in [-0.05, 0) is 12.1 Å². The van der Waals surface area contributed by atoms with Crippen LogP contribution in [0.3, 0.4) is 0 Å². The number of carbonyl (C=O) groups is 1. The summed E-state index contributed by atoms with van der Waals surface area (Å²) in [5.74, 6) is -0.402. The van der Waals surface area contributed by atoms with Crippen molar-refractivity contribution in [3.05, 3.63) is 30.1 Å². The van der Waals surface area contributed by atoms with Crippen molar-refractivity contribution >= 4 is 18.4 Å². The number of pyridine rings is 1. The fraction of sp³-hybridized carbons (Fsp3) is 0.143. The molecule has 0 amide bonds. The lowest BCUT2D eigenvalue weighted by Gasteiger charge is -1.94. The SMILES string of the molecule is COC(=O)c1ccccn1.Cl. The lowest BCUT2D eigenvalue weighted by atomic mass is 10.4. The number of ether oxygens (including phenoxy) is 1. The summed E-state index contributed by atoms with van der Waals surface area (Å²) in [6, 6.07) is 5.08. The first-order valence-electron chi connectivity index (χ1n) is 2.84. The predicted molar refractivity (Wildman–Crippen MR) is 42.8 cm³/mol. The summed E-state index contributed by atoms with van der Waals surface area (Å²) in [6.45, 7) is 0. The maximum atomic E-state index is 10.7. The number of methoxy groups -OCH3 is 1. The van der Waals surface area contributed by atoms with Crippen LogP contribution in [0.25, 0.3) is 0 Å². The van der Waals surface area contributed by atoms with E-state index in [-0.39, 0.29) is 12.4 Å². The van der Waals surface area contributed by atoms with Crippen molar-refractivity contribution in [3.63, 3.8) is 0 Å². The molecular formula is C7H8ClNO2. The summed E-state index contributed by atoms with van der Waals surface area (Å²) in [7, 11) is 1.33. The van der Waals surface area contributed by atoms with Gasteiger partial charge in [0.15, 0.2) is 0 Å². The highest BCUT2D eigenvalue weighted by atomic mass is 35.5. The Kier molecular flexibility index (Phi) is 4.22. The molecule has 0 saturated carbocycles. The second-order valence-corrected chi connectivity index (χ2v) is 1.71. The van der Waals surface area contributed by atoms with E-state index in [2.05, 4.69) is 9.72 Å². The summed E-state index contributed by atoms with van der Waals surface area (Å²) >= 11 is 0. The molecule has 0 aliphatic carbocycles. The van der Waals surface area contributed by atoms with Crippen molar-refractivity contribution < 1.29 is 9.53 Å². The minimum absolute atomic E-state index is 0. The molecule has 60 valence electrons. The van der Waals surface area contributed by atoms with E-state index in [9.17, 15) is 4.79 Å². The van der Waals surface area contributed by atoms with E-state index in [1.165, 1.54) is 7.11 Å². The molecule has 0 radical (unpaired) electrons. The van der Waals surface area contributed by atoms with Gasteiger partial charge in [-0.1, -0.05) is 6.07 Å². The number of esters is 1. The Morgan fingerprint density at radius 1 is 1.55 bits per heavy atom. The molecule has 0 aliphatic heterocycles. The van der Waals surface area contributed by atoms with Crippen LogP contribution in [-0.2, 0) is 4.74 Å². The number of hydrogen-bond acceptors (Lipinski definition) is 3. The van der Waals surface area contributed by atoms with Crippen molar-refractivity contribution in [3.8, 4) is 0 Å². The van der Waals surface area contributed by atoms with Gasteiger partial charge >= 0.3 is 5.97 Å². The fourth-order valence-corrected chi connectivity index (χ4v) is 0.588. The average molecular weight is 174 g/mol. The first-order valence-corrected chi connectivity index (χ1v) is 2.84. The highest BCUT2D eigenvalue weighted by Crippen LogP contribution is 1.93. The zero-order valence-corrected chi connectivity index (χ0v) is 6.80. The third-order valence-corrected chi connectivity index (χ3v) is 1.06. The van der Waals surface area contributed by atoms with Crippen LogP contribution >= 0.6 is 12.4 Å². The van der Waals surface area contributed by atoms with E-state index in [0.717, 1.165) is 0 Å². The Hall–Kier alpha value is -1.09. The van der Waals surface area contributed by atoms with Crippen molar-refractivity contribution in [1.29, 1.82) is 0 Å². The highest BCUT2D eigenvalue weighted by molar-refractivity contribution is 5.86. The van der Waals surface area contributed by atoms with Crippen LogP contribution in [0, 0.1) is 0 Å². The molecule has 0 atom stereocenters. The van der Waals surface area contributed by atoms with Crippen molar-refractivity contribution in [1.82, 2.24) is 4.98 Å². The molecule has 0 spiro atoms. The van der Waals surface area contributed by atoms with Gasteiger partial charge in [-0.25, -0.2) is 9.78 Å². The molecule has 0 bridgehead atoms. The molecule has 0 N–H and O–H groups in total. The van der Waals surface area contributed by atoms with E-state index in [1.807, 2.05) is 0 Å². The van der Waals surface area contributed by atoms with Crippen molar-refractivity contribution in [2.45, 2.75) is 0 Å². The van der Waals surface area contributed by atoms with Crippen molar-refractivity contribution in [2.75, 3.05) is 7.11 Å². The van der Waals surface area contributed by atoms with E-state index in [0.29, 0.717) is 5.69 Å². The quantitative estimate of drug-likeness (QED) is 0.601. The molecule has 1 aromatic heterocycles. The first-order chi connectivity index (χ1) is 4.84. The summed E-state index contributed by atoms with van der Waals surface area (Å²) < 4.78 is 4.43. The lowest BCUT2D eigenvalue weighted by molar-refractivity contribution is 0.0594. The van der Waals surface area contributed by atoms with Crippen LogP contribution in [0.15, 0.2) is 24.4 Å². The van der Waals surface area contributed by atoms with Gasteiger partial charge in [-0.3, -0.25) is 0 Å². The van der Waals surface area contributed by atoms with Gasteiger partial charge in [0.05, 0.1) is 7.11 Å². The Morgan fingerprint density at radius 3 is 2.73 bits per heavy atom. The maximum Gasteiger partial charge on any atom is 0.356 e. The minimum Gasteiger partial charge on any atom is -0.464 e. The molecule has 0 fully saturated rings. The minimum atomic E-state index is -0.402. The van der Waals surface area contributed by atoms with Gasteiger partial charge in [0.1, 0.15) is 5.69 Å². The number of aromatic nitrogens is 1. The van der Waals surface area contributed by atoms with Gasteiger partial charge in [-0.2, -0.15) is 0 Å². The molecule has 0 aliphatic rings. The molecule has 0 aromatic carbocycles. The third-order valence-electron chi connectivity index (χ3n) is 1.06. The molecule has 3 nitrogen and oxygen atoms in total. The first kappa shape index (κ1) is 9.91. The standard InChI is InChI=1S/C7H7NO2.ClH/c1-10-7(9)6-4-2-3-5-8-6;/h2-5H,1H3;1H. The number of nitrogens with zero attached hydrogens (tertiary/aromatic N) is 1. The number of halogens is 1. The molecule has 11 heavy (non-hydrogen) atoms. The normalized spacial score (nSPS) is 8.09. The van der Waals surface area contributed by atoms with E-state index < -0.39 is 5.97 Å². The fourth-order valence-electron chi connectivity index (χ4n) is 0.588. The summed E-state index contributed by atoms with van der Waals surface area (Å²) in [4.78, 5) is 14.5. The third kappa shape index (κ3) is 2.55. The van der Waals surface area contributed by atoms with Gasteiger partial charge < -0.3 is 4.74 Å². The molecule has 0 saturated heterocycles. The zero-order valence-electron chi connectivity index (χ0n) is 5.98. The lowest BCUT2D eigenvalue weighted by Crippen LogP contribution is -2.02. The van der Waals surface area contributed by atoms with Crippen LogP contribution in [0.5, 0.6) is 0 Å². The van der Waals surface area contributed by atoms with Gasteiger partial charge in [0.25, 0.3) is 0 Å². The molecule has 0 unspecified atom stereocenters. The van der Waals surface area contributed by atoms with Crippen LogP contribution in [0.4, 0.5) is 0 Å². The smallest absolute Gasteiger partial charge is 0.356 e. The average Bonchev–Trinajstić information content (AvgIpc) is 2.05. The summed E-state index contributed by atoms with van der Waals surface area (Å²) in [5, 5.41) is 0. The second kappa shape index (κ2) is 4.68. The Bertz CT molecular complexity index is 225. The number of carbonyl (C=O) groups excluding carboxylic acids is 1. The van der Waals surface area contributed by atoms with E-state index in [4.69, 9.17) is 0 Å². The molecule has 1 rings (SSSR count). The Morgan fingerprint density at radius 2 is 2.27 bits per heavy atom.